The van der Waals surface area contributed by atoms with Gasteiger partial charge in [0.25, 0.3) is 0 Å². The van der Waals surface area contributed by atoms with Crippen LogP contribution in [-0.4, -0.2) is 16.4 Å². The van der Waals surface area contributed by atoms with Gasteiger partial charge in [0.05, 0.1) is 11.4 Å². The molecule has 1 aliphatic heterocycles. The van der Waals surface area contributed by atoms with Gasteiger partial charge in [-0.05, 0) is 47.2 Å². The highest BCUT2D eigenvalue weighted by atomic mass is 16.3. The van der Waals surface area contributed by atoms with Gasteiger partial charge in [0.2, 0.25) is 0 Å². The first-order valence-corrected chi connectivity index (χ1v) is 11.3. The predicted octanol–water partition coefficient (Wildman–Crippen LogP) is 5.22. The third kappa shape index (κ3) is 4.60. The molecule has 5 nitrogen and oxygen atoms in total. The molecule has 5 rings (SSSR count). The van der Waals surface area contributed by atoms with Gasteiger partial charge in [0.15, 0.2) is 0 Å². The molecular formula is C29H25N3O2. The molecule has 0 saturated heterocycles. The summed E-state index contributed by atoms with van der Waals surface area (Å²) in [6.45, 7) is 1.46. The van der Waals surface area contributed by atoms with Gasteiger partial charge in [0, 0.05) is 29.8 Å². The number of hydrogen-bond acceptors (Lipinski definition) is 5. The number of aromatic nitrogens is 1. The lowest BCUT2D eigenvalue weighted by molar-refractivity contribution is -0.109. The molecule has 0 bridgehead atoms. The van der Waals surface area contributed by atoms with Gasteiger partial charge in [-0.15, -0.1) is 0 Å². The number of hydrogen-bond donors (Lipinski definition) is 3. The molecule has 1 aliphatic rings. The van der Waals surface area contributed by atoms with E-state index in [2.05, 4.69) is 53.1 Å². The molecule has 0 amide bonds. The van der Waals surface area contributed by atoms with E-state index in [1.165, 1.54) is 5.56 Å². The summed E-state index contributed by atoms with van der Waals surface area (Å²) < 4.78 is 0. The quantitative estimate of drug-likeness (QED) is 0.339. The second-order valence-corrected chi connectivity index (χ2v) is 8.31. The first-order chi connectivity index (χ1) is 16.7. The summed E-state index contributed by atoms with van der Waals surface area (Å²) in [6, 6.07) is 27.5. The molecule has 0 aliphatic carbocycles. The Balaban J connectivity index is 1.42. The molecule has 1 atom stereocenters. The molecule has 4 aromatic rings. The van der Waals surface area contributed by atoms with Crippen molar-refractivity contribution < 1.29 is 9.90 Å². The monoisotopic (exact) mass is 447 g/mol. The van der Waals surface area contributed by atoms with E-state index in [0.29, 0.717) is 0 Å². The zero-order chi connectivity index (χ0) is 23.3. The standard InChI is InChI=1S/C29H25N3O2/c33-19-28-26-16-25(22-4-2-1-3-5-22)29(32-27(26)14-15-31-28)23-10-6-20(7-11-23)17-30-18-21-8-12-24(34)13-9-21/h1-16,19,28,30-31,34H,17-18H2. The number of nitrogens with zero attached hydrogens (tertiary/aromatic N) is 1. The second-order valence-electron chi connectivity index (χ2n) is 8.31. The van der Waals surface area contributed by atoms with E-state index in [1.807, 2.05) is 36.4 Å². The van der Waals surface area contributed by atoms with Crippen LogP contribution in [0, 0.1) is 0 Å². The maximum absolute atomic E-state index is 11.6. The Hall–Kier alpha value is -4.22. The van der Waals surface area contributed by atoms with Gasteiger partial charge < -0.3 is 20.5 Å². The molecule has 2 heterocycles. The van der Waals surface area contributed by atoms with Gasteiger partial charge in [0.1, 0.15) is 18.1 Å². The van der Waals surface area contributed by atoms with Crippen LogP contribution < -0.4 is 10.6 Å². The molecule has 0 fully saturated rings. The van der Waals surface area contributed by atoms with Gasteiger partial charge >= 0.3 is 0 Å². The Morgan fingerprint density at radius 2 is 1.56 bits per heavy atom. The average molecular weight is 448 g/mol. The summed E-state index contributed by atoms with van der Waals surface area (Å²) in [5.41, 5.74) is 7.97. The van der Waals surface area contributed by atoms with Gasteiger partial charge in [-0.3, -0.25) is 0 Å². The number of pyridine rings is 1. The number of phenolic OH excluding ortho intramolecular Hbond substituents is 1. The van der Waals surface area contributed by atoms with Crippen molar-refractivity contribution in [2.24, 2.45) is 0 Å². The van der Waals surface area contributed by atoms with Crippen LogP contribution in [0.25, 0.3) is 28.5 Å². The molecule has 3 aromatic carbocycles. The molecule has 0 spiro atoms. The molecular weight excluding hydrogens is 422 g/mol. The molecule has 1 unspecified atom stereocenters. The van der Waals surface area contributed by atoms with Crippen LogP contribution in [0.15, 0.2) is 91.1 Å². The normalized spacial score (nSPS) is 14.3. The molecule has 168 valence electrons. The van der Waals surface area contributed by atoms with Crippen molar-refractivity contribution in [1.29, 1.82) is 0 Å². The molecule has 3 N–H and O–H groups in total. The number of rotatable bonds is 7. The first-order valence-electron chi connectivity index (χ1n) is 11.3. The molecule has 0 saturated carbocycles. The number of nitrogens with one attached hydrogen (secondary N) is 2. The van der Waals surface area contributed by atoms with E-state index in [4.69, 9.17) is 4.98 Å². The van der Waals surface area contributed by atoms with Crippen LogP contribution >= 0.6 is 0 Å². The highest BCUT2D eigenvalue weighted by Gasteiger charge is 2.21. The van der Waals surface area contributed by atoms with Gasteiger partial charge in [-0.2, -0.15) is 0 Å². The van der Waals surface area contributed by atoms with Crippen molar-refractivity contribution in [2.45, 2.75) is 19.1 Å². The molecule has 0 radical (unpaired) electrons. The Labute approximate surface area is 198 Å². The largest absolute Gasteiger partial charge is 0.508 e. The SMILES string of the molecule is O=CC1NC=Cc2nc(-c3ccc(CNCc4ccc(O)cc4)cc3)c(-c3ccccc3)cc21. The number of fused-ring (bicyclic) bond motifs is 1. The van der Waals surface area contributed by atoms with Crippen LogP contribution in [0.5, 0.6) is 5.75 Å². The predicted molar refractivity (Wildman–Crippen MR) is 135 cm³/mol. The Morgan fingerprint density at radius 3 is 2.24 bits per heavy atom. The topological polar surface area (TPSA) is 74.2 Å². The number of carbonyl (C=O) groups excluding carboxylic acids is 1. The minimum absolute atomic E-state index is 0.276. The highest BCUT2D eigenvalue weighted by molar-refractivity contribution is 5.84. The Morgan fingerprint density at radius 1 is 0.882 bits per heavy atom. The van der Waals surface area contributed by atoms with Crippen LogP contribution in [0.2, 0.25) is 0 Å². The fourth-order valence-electron chi connectivity index (χ4n) is 4.16. The van der Waals surface area contributed by atoms with Crippen molar-refractivity contribution in [2.75, 3.05) is 0 Å². The molecule has 1 aromatic heterocycles. The summed E-state index contributed by atoms with van der Waals surface area (Å²) in [5.74, 6) is 0.276. The maximum atomic E-state index is 11.6. The third-order valence-electron chi connectivity index (χ3n) is 5.98. The van der Waals surface area contributed by atoms with Crippen LogP contribution in [0.1, 0.15) is 28.4 Å². The number of phenols is 1. The average Bonchev–Trinajstić information content (AvgIpc) is 2.89. The lowest BCUT2D eigenvalue weighted by Gasteiger charge is -2.21. The summed E-state index contributed by atoms with van der Waals surface area (Å²) in [5, 5.41) is 16.0. The number of carbonyl (C=O) groups is 1. The summed E-state index contributed by atoms with van der Waals surface area (Å²) in [7, 11) is 0. The summed E-state index contributed by atoms with van der Waals surface area (Å²) in [4.78, 5) is 16.6. The van der Waals surface area contributed by atoms with Gasteiger partial charge in [-0.25, -0.2) is 4.98 Å². The van der Waals surface area contributed by atoms with E-state index in [0.717, 1.165) is 58.6 Å². The minimum Gasteiger partial charge on any atom is -0.508 e. The molecule has 34 heavy (non-hydrogen) atoms. The number of aldehydes is 1. The third-order valence-corrected chi connectivity index (χ3v) is 5.98. The highest BCUT2D eigenvalue weighted by Crippen LogP contribution is 2.35. The second kappa shape index (κ2) is 9.73. The van der Waals surface area contributed by atoms with E-state index in [9.17, 15) is 9.90 Å². The van der Waals surface area contributed by atoms with Gasteiger partial charge in [-0.1, -0.05) is 66.7 Å². The van der Waals surface area contributed by atoms with Crippen LogP contribution in [-0.2, 0) is 17.9 Å². The van der Waals surface area contributed by atoms with Crippen molar-refractivity contribution in [1.82, 2.24) is 15.6 Å². The van der Waals surface area contributed by atoms with E-state index < -0.39 is 6.04 Å². The lowest BCUT2D eigenvalue weighted by atomic mass is 9.93. The zero-order valence-corrected chi connectivity index (χ0v) is 18.6. The Bertz CT molecular complexity index is 1310. The van der Waals surface area contributed by atoms with Crippen molar-refractivity contribution in [3.63, 3.8) is 0 Å². The van der Waals surface area contributed by atoms with Crippen molar-refractivity contribution >= 4 is 12.4 Å². The fraction of sp³-hybridized carbons (Fsp3) is 0.103. The van der Waals surface area contributed by atoms with Crippen LogP contribution in [0.4, 0.5) is 0 Å². The van der Waals surface area contributed by atoms with Crippen molar-refractivity contribution in [3.05, 3.63) is 114 Å². The number of benzene rings is 3. The lowest BCUT2D eigenvalue weighted by Crippen LogP contribution is -2.21. The smallest absolute Gasteiger partial charge is 0.146 e. The maximum Gasteiger partial charge on any atom is 0.146 e. The first kappa shape index (κ1) is 21.6. The van der Waals surface area contributed by atoms with E-state index in [1.54, 1.807) is 18.3 Å². The zero-order valence-electron chi connectivity index (χ0n) is 18.6. The number of aromatic hydroxyl groups is 1. The Kier molecular flexibility index (Phi) is 6.19. The minimum atomic E-state index is -0.397. The van der Waals surface area contributed by atoms with Crippen LogP contribution in [0.3, 0.4) is 0 Å². The van der Waals surface area contributed by atoms with E-state index >= 15 is 0 Å². The van der Waals surface area contributed by atoms with E-state index in [-0.39, 0.29) is 5.75 Å². The fourth-order valence-corrected chi connectivity index (χ4v) is 4.16. The summed E-state index contributed by atoms with van der Waals surface area (Å²) >= 11 is 0. The summed E-state index contributed by atoms with van der Waals surface area (Å²) in [6.07, 6.45) is 4.61. The molecule has 5 heteroatoms. The van der Waals surface area contributed by atoms with Crippen molar-refractivity contribution in [3.8, 4) is 28.1 Å².